The van der Waals surface area contributed by atoms with Crippen molar-refractivity contribution in [2.75, 3.05) is 0 Å². The number of nitrogens with zero attached hydrogens (tertiary/aromatic N) is 2. The Morgan fingerprint density at radius 2 is 1.68 bits per heavy atom. The molecule has 1 aliphatic rings. The molecule has 134 valence electrons. The second-order valence-corrected chi connectivity index (χ2v) is 4.90. The van der Waals surface area contributed by atoms with Gasteiger partial charge in [0, 0.05) is 12.8 Å². The van der Waals surface area contributed by atoms with Crippen LogP contribution in [0.1, 0.15) is 25.7 Å². The summed E-state index contributed by atoms with van der Waals surface area (Å²) in [5, 5.41) is 0.344. The minimum absolute atomic E-state index is 0.0569. The van der Waals surface area contributed by atoms with Crippen LogP contribution < -0.4 is 11.2 Å². The molecule has 2 rings (SSSR count). The van der Waals surface area contributed by atoms with Gasteiger partial charge in [-0.2, -0.15) is 4.39 Å². The highest BCUT2D eigenvalue weighted by Gasteiger charge is 2.32. The maximum atomic E-state index is 13.0. The maximum Gasteiger partial charge on any atom is 0.333 e. The number of aromatic amines is 1. The molecule has 0 atom stereocenters. The zero-order chi connectivity index (χ0) is 18.6. The number of ether oxygens (including phenoxy) is 1. The minimum Gasteiger partial charge on any atom is -0.444 e. The lowest BCUT2D eigenvalue weighted by atomic mass is 10.3. The van der Waals surface area contributed by atoms with E-state index in [0.717, 1.165) is 0 Å². The Labute approximate surface area is 137 Å². The highest BCUT2D eigenvalue weighted by atomic mass is 19.1. The summed E-state index contributed by atoms with van der Waals surface area (Å²) in [6.45, 7) is -0.677. The Bertz CT molecular complexity index is 826. The number of H-pyrrole nitrogens is 1. The molecule has 2 amide bonds. The molecule has 0 bridgehead atoms. The monoisotopic (exact) mass is 357 g/mol. The second-order valence-electron chi connectivity index (χ2n) is 4.90. The molecule has 11 nitrogen and oxygen atoms in total. The third-order valence-electron chi connectivity index (χ3n) is 3.06. The highest BCUT2D eigenvalue weighted by molar-refractivity contribution is 6.01. The van der Waals surface area contributed by atoms with Crippen LogP contribution in [0.4, 0.5) is 4.39 Å². The van der Waals surface area contributed by atoms with Gasteiger partial charge in [0.25, 0.3) is 17.4 Å². The third-order valence-corrected chi connectivity index (χ3v) is 3.06. The minimum atomic E-state index is -1.24. The van der Waals surface area contributed by atoms with Crippen molar-refractivity contribution in [2.45, 2.75) is 32.4 Å². The summed E-state index contributed by atoms with van der Waals surface area (Å²) >= 11 is 0. The Balaban J connectivity index is 1.79. The molecule has 1 fully saturated rings. The molecule has 1 aliphatic heterocycles. The number of rotatable bonds is 6. The molecule has 0 radical (unpaired) electrons. The second kappa shape index (κ2) is 7.51. The standard InChI is InChI=1S/C13H12FN3O8/c14-7-5-16(13(23)15-12(7)22)6-24-10(20)3-4-11(21)25-17-8(18)1-2-9(17)19/h5H,1-4,6H2,(H,15,22,23). The van der Waals surface area contributed by atoms with Gasteiger partial charge >= 0.3 is 17.6 Å². The first-order chi connectivity index (χ1) is 11.8. The van der Waals surface area contributed by atoms with Crippen molar-refractivity contribution in [1.82, 2.24) is 14.6 Å². The van der Waals surface area contributed by atoms with Crippen LogP contribution in [0.15, 0.2) is 15.8 Å². The number of carbonyl (C=O) groups excluding carboxylic acids is 4. The molecule has 0 spiro atoms. The smallest absolute Gasteiger partial charge is 0.333 e. The molecule has 12 heteroatoms. The summed E-state index contributed by atoms with van der Waals surface area (Å²) in [5.74, 6) is -4.46. The number of nitrogens with one attached hydrogen (secondary N) is 1. The molecule has 0 aromatic carbocycles. The van der Waals surface area contributed by atoms with Gasteiger partial charge in [-0.05, 0) is 0 Å². The zero-order valence-corrected chi connectivity index (χ0v) is 12.7. The topological polar surface area (TPSA) is 145 Å². The van der Waals surface area contributed by atoms with Crippen LogP contribution in [0.25, 0.3) is 0 Å². The lowest BCUT2D eigenvalue weighted by molar-refractivity contribution is -0.197. The zero-order valence-electron chi connectivity index (χ0n) is 12.7. The van der Waals surface area contributed by atoms with Crippen molar-refractivity contribution >= 4 is 23.8 Å². The molecule has 0 saturated carbocycles. The molecule has 1 aromatic rings. The lowest BCUT2D eigenvalue weighted by Gasteiger charge is -2.12. The number of hydrogen-bond acceptors (Lipinski definition) is 8. The Morgan fingerprint density at radius 1 is 1.08 bits per heavy atom. The highest BCUT2D eigenvalue weighted by Crippen LogP contribution is 2.13. The van der Waals surface area contributed by atoms with Gasteiger partial charge in [-0.1, -0.05) is 0 Å². The molecule has 25 heavy (non-hydrogen) atoms. The number of imide groups is 1. The van der Waals surface area contributed by atoms with Crippen LogP contribution in [0.2, 0.25) is 0 Å². The first-order valence-corrected chi connectivity index (χ1v) is 6.99. The van der Waals surface area contributed by atoms with E-state index in [1.807, 2.05) is 0 Å². The number of hydroxylamine groups is 2. The molecule has 2 heterocycles. The Morgan fingerprint density at radius 3 is 2.32 bits per heavy atom. The first kappa shape index (κ1) is 18.0. The number of hydrogen-bond donors (Lipinski definition) is 1. The fraction of sp³-hybridized carbons (Fsp3) is 0.385. The molecule has 1 N–H and O–H groups in total. The average molecular weight is 357 g/mol. The van der Waals surface area contributed by atoms with Crippen molar-refractivity contribution in [3.63, 3.8) is 0 Å². The normalized spacial score (nSPS) is 13.9. The van der Waals surface area contributed by atoms with E-state index in [1.165, 1.54) is 0 Å². The van der Waals surface area contributed by atoms with Gasteiger partial charge in [0.15, 0.2) is 6.73 Å². The van der Waals surface area contributed by atoms with E-state index in [2.05, 4.69) is 9.57 Å². The van der Waals surface area contributed by atoms with E-state index in [1.54, 1.807) is 4.98 Å². The summed E-state index contributed by atoms with van der Waals surface area (Å²) in [6.07, 6.45) is -0.495. The van der Waals surface area contributed by atoms with Crippen molar-refractivity contribution in [3.05, 3.63) is 32.9 Å². The summed E-state index contributed by atoms with van der Waals surface area (Å²) in [7, 11) is 0. The average Bonchev–Trinajstić information content (AvgIpc) is 2.87. The van der Waals surface area contributed by atoms with Crippen molar-refractivity contribution < 1.29 is 33.1 Å². The van der Waals surface area contributed by atoms with Gasteiger partial charge in [0.1, 0.15) is 0 Å². The summed E-state index contributed by atoms with van der Waals surface area (Å²) in [5.41, 5.74) is -2.19. The van der Waals surface area contributed by atoms with E-state index in [-0.39, 0.29) is 12.8 Å². The van der Waals surface area contributed by atoms with E-state index in [9.17, 15) is 33.2 Å². The fourth-order valence-electron chi connectivity index (χ4n) is 1.80. The predicted octanol–water partition coefficient (Wildman–Crippen LogP) is -1.44. The van der Waals surface area contributed by atoms with Crippen molar-refractivity contribution in [1.29, 1.82) is 0 Å². The van der Waals surface area contributed by atoms with E-state index >= 15 is 0 Å². The van der Waals surface area contributed by atoms with E-state index < -0.39 is 60.4 Å². The molecule has 1 aromatic heterocycles. The van der Waals surface area contributed by atoms with E-state index in [4.69, 9.17) is 0 Å². The van der Waals surface area contributed by atoms with Crippen LogP contribution in [0.3, 0.4) is 0 Å². The van der Waals surface area contributed by atoms with Crippen LogP contribution in [0, 0.1) is 5.82 Å². The van der Waals surface area contributed by atoms with Crippen LogP contribution in [-0.2, 0) is 35.5 Å². The van der Waals surface area contributed by atoms with Gasteiger partial charge in [0.05, 0.1) is 19.0 Å². The predicted molar refractivity (Wildman–Crippen MR) is 73.8 cm³/mol. The first-order valence-electron chi connectivity index (χ1n) is 6.99. The summed E-state index contributed by atoms with van der Waals surface area (Å²) in [6, 6.07) is 0. The maximum absolute atomic E-state index is 13.0. The van der Waals surface area contributed by atoms with Gasteiger partial charge in [-0.15, -0.1) is 5.06 Å². The molecular weight excluding hydrogens is 345 g/mol. The number of halogens is 1. The number of amides is 2. The number of esters is 1. The molecular formula is C13H12FN3O8. The quantitative estimate of drug-likeness (QED) is 0.481. The number of carbonyl (C=O) groups is 4. The molecule has 0 aliphatic carbocycles. The lowest BCUT2D eigenvalue weighted by Crippen LogP contribution is -2.33. The van der Waals surface area contributed by atoms with Gasteiger partial charge in [-0.25, -0.2) is 9.59 Å². The van der Waals surface area contributed by atoms with Crippen LogP contribution >= 0.6 is 0 Å². The molecule has 1 saturated heterocycles. The van der Waals surface area contributed by atoms with Gasteiger partial charge in [-0.3, -0.25) is 28.7 Å². The fourth-order valence-corrected chi connectivity index (χ4v) is 1.80. The van der Waals surface area contributed by atoms with Crippen molar-refractivity contribution in [3.8, 4) is 0 Å². The van der Waals surface area contributed by atoms with Gasteiger partial charge in [0.2, 0.25) is 5.82 Å². The number of aromatic nitrogens is 2. The Hall–Kier alpha value is -3.31. The van der Waals surface area contributed by atoms with Crippen LogP contribution in [0.5, 0.6) is 0 Å². The van der Waals surface area contributed by atoms with Crippen molar-refractivity contribution in [2.24, 2.45) is 0 Å². The van der Waals surface area contributed by atoms with Gasteiger partial charge < -0.3 is 9.57 Å². The summed E-state index contributed by atoms with van der Waals surface area (Å²) in [4.78, 5) is 73.9. The SMILES string of the molecule is O=C(CCC(=O)ON1C(=O)CCC1=O)OCn1cc(F)c(=O)[nH]c1=O. The largest absolute Gasteiger partial charge is 0.444 e. The van der Waals surface area contributed by atoms with Crippen LogP contribution in [-0.4, -0.2) is 38.4 Å². The van der Waals surface area contributed by atoms with E-state index in [0.29, 0.717) is 15.8 Å². The molecule has 0 unspecified atom stereocenters. The third kappa shape index (κ3) is 4.59. The Kier molecular flexibility index (Phi) is 5.41. The summed E-state index contributed by atoms with van der Waals surface area (Å²) < 4.78 is 18.3.